The van der Waals surface area contributed by atoms with Gasteiger partial charge in [0.15, 0.2) is 0 Å². The van der Waals surface area contributed by atoms with Crippen LogP contribution in [0.5, 0.6) is 0 Å². The molecule has 2 atom stereocenters. The van der Waals surface area contributed by atoms with Crippen molar-refractivity contribution >= 4 is 16.4 Å². The fourth-order valence-electron chi connectivity index (χ4n) is 1.68. The normalized spacial score (nSPS) is 24.4. The van der Waals surface area contributed by atoms with E-state index in [0.717, 1.165) is 6.61 Å². The average Bonchev–Trinajstić information content (AvgIpc) is 2.30. The molecule has 76 valence electrons. The molecule has 1 heterocycles. The van der Waals surface area contributed by atoms with Crippen molar-refractivity contribution < 1.29 is 4.74 Å². The fraction of sp³-hybridized carbons (Fsp3) is 0.417. The molecule has 0 saturated carbocycles. The van der Waals surface area contributed by atoms with Gasteiger partial charge >= 0.3 is 0 Å². The Labute approximate surface area is 88.0 Å². The van der Waals surface area contributed by atoms with E-state index in [2.05, 4.69) is 30.1 Å². The first-order chi connectivity index (χ1) is 6.88. The predicted molar refractivity (Wildman–Crippen MR) is 63.0 cm³/mol. The third kappa shape index (κ3) is 2.25. The lowest BCUT2D eigenvalue weighted by Gasteiger charge is -2.25. The van der Waals surface area contributed by atoms with Gasteiger partial charge < -0.3 is 4.74 Å². The van der Waals surface area contributed by atoms with Gasteiger partial charge in [0.05, 0.1) is 0 Å². The monoisotopic (exact) mass is 208 g/mol. The SMILES string of the molecule is C=S(c1ccccc1)C1CCCCO1. The van der Waals surface area contributed by atoms with Crippen molar-refractivity contribution in [3.05, 3.63) is 30.3 Å². The predicted octanol–water partition coefficient (Wildman–Crippen LogP) is 3.27. The maximum atomic E-state index is 5.74. The van der Waals surface area contributed by atoms with Gasteiger partial charge in [-0.2, -0.15) is 0 Å². The summed E-state index contributed by atoms with van der Waals surface area (Å²) in [6.45, 7) is 0.913. The van der Waals surface area contributed by atoms with Crippen LogP contribution in [0.15, 0.2) is 35.2 Å². The van der Waals surface area contributed by atoms with Crippen molar-refractivity contribution in [2.75, 3.05) is 6.61 Å². The van der Waals surface area contributed by atoms with Crippen LogP contribution in [0, 0.1) is 0 Å². The molecule has 2 unspecified atom stereocenters. The molecular weight excluding hydrogens is 192 g/mol. The second-order valence-corrected chi connectivity index (χ2v) is 5.39. The molecular formula is C12H16OS. The van der Waals surface area contributed by atoms with Crippen LogP contribution in [0.2, 0.25) is 0 Å². The number of ether oxygens (including phenoxy) is 1. The lowest BCUT2D eigenvalue weighted by atomic mass is 10.2. The van der Waals surface area contributed by atoms with Gasteiger partial charge in [-0.25, -0.2) is 0 Å². The van der Waals surface area contributed by atoms with Crippen LogP contribution in [0.3, 0.4) is 0 Å². The Morgan fingerprint density at radius 3 is 2.64 bits per heavy atom. The van der Waals surface area contributed by atoms with Crippen LogP contribution in [0.1, 0.15) is 19.3 Å². The first-order valence-corrected chi connectivity index (χ1v) is 6.53. The van der Waals surface area contributed by atoms with Crippen molar-refractivity contribution in [3.63, 3.8) is 0 Å². The van der Waals surface area contributed by atoms with Crippen molar-refractivity contribution in [2.45, 2.75) is 29.6 Å². The van der Waals surface area contributed by atoms with E-state index in [-0.39, 0.29) is 10.5 Å². The average molecular weight is 208 g/mol. The number of rotatable bonds is 2. The zero-order chi connectivity index (χ0) is 9.80. The van der Waals surface area contributed by atoms with Crippen LogP contribution in [-0.2, 0) is 4.74 Å². The standard InChI is InChI=1S/C12H16OS/c1-14(11-7-3-2-4-8-11)12-9-5-6-10-13-12/h2-4,7-8,12H,1,5-6,9-10H2. The van der Waals surface area contributed by atoms with E-state index in [1.54, 1.807) is 0 Å². The molecule has 1 aromatic carbocycles. The molecule has 1 saturated heterocycles. The minimum absolute atomic E-state index is 0.00793. The van der Waals surface area contributed by atoms with E-state index in [9.17, 15) is 0 Å². The quantitative estimate of drug-likeness (QED) is 0.678. The summed E-state index contributed by atoms with van der Waals surface area (Å²) in [5.41, 5.74) is 0.353. The van der Waals surface area contributed by atoms with E-state index in [0.29, 0.717) is 5.44 Å². The Hall–Kier alpha value is -0.600. The van der Waals surface area contributed by atoms with Crippen LogP contribution >= 0.6 is 10.5 Å². The van der Waals surface area contributed by atoms with Crippen LogP contribution in [-0.4, -0.2) is 17.9 Å². The van der Waals surface area contributed by atoms with Crippen molar-refractivity contribution in [1.29, 1.82) is 0 Å². The molecule has 1 aliphatic rings. The topological polar surface area (TPSA) is 9.23 Å². The van der Waals surface area contributed by atoms with Gasteiger partial charge in [-0.3, -0.25) is 0 Å². The molecule has 1 fully saturated rings. The smallest absolute Gasteiger partial charge is 0.102 e. The molecule has 0 bridgehead atoms. The molecule has 14 heavy (non-hydrogen) atoms. The molecule has 0 N–H and O–H groups in total. The summed E-state index contributed by atoms with van der Waals surface area (Å²) < 4.78 is 5.74. The molecule has 0 aromatic heterocycles. The highest BCUT2D eigenvalue weighted by molar-refractivity contribution is 8.14. The molecule has 1 aromatic rings. The van der Waals surface area contributed by atoms with Crippen LogP contribution in [0.4, 0.5) is 0 Å². The third-order valence-electron chi connectivity index (χ3n) is 2.50. The van der Waals surface area contributed by atoms with E-state index in [4.69, 9.17) is 4.74 Å². The number of hydrogen-bond acceptors (Lipinski definition) is 1. The maximum Gasteiger partial charge on any atom is 0.102 e. The molecule has 0 radical (unpaired) electrons. The van der Waals surface area contributed by atoms with Gasteiger partial charge in [0.1, 0.15) is 5.44 Å². The van der Waals surface area contributed by atoms with Gasteiger partial charge in [0, 0.05) is 11.5 Å². The summed E-state index contributed by atoms with van der Waals surface area (Å²) in [6, 6.07) is 10.5. The Kier molecular flexibility index (Phi) is 3.38. The van der Waals surface area contributed by atoms with Gasteiger partial charge in [-0.15, -0.1) is 10.5 Å². The Balaban J connectivity index is 2.07. The van der Waals surface area contributed by atoms with Gasteiger partial charge in [-0.05, 0) is 31.4 Å². The first kappa shape index (κ1) is 9.94. The van der Waals surface area contributed by atoms with E-state index >= 15 is 0 Å². The number of benzene rings is 1. The second-order valence-electron chi connectivity index (χ2n) is 3.54. The van der Waals surface area contributed by atoms with E-state index < -0.39 is 0 Å². The lowest BCUT2D eigenvalue weighted by molar-refractivity contribution is 0.0725. The molecule has 2 rings (SSSR count). The van der Waals surface area contributed by atoms with Crippen LogP contribution < -0.4 is 0 Å². The van der Waals surface area contributed by atoms with Crippen molar-refractivity contribution in [1.82, 2.24) is 0 Å². The highest BCUT2D eigenvalue weighted by Gasteiger charge is 2.16. The highest BCUT2D eigenvalue weighted by Crippen LogP contribution is 2.34. The summed E-state index contributed by atoms with van der Waals surface area (Å²) in [7, 11) is 0.00793. The van der Waals surface area contributed by atoms with Gasteiger partial charge in [0.25, 0.3) is 0 Å². The highest BCUT2D eigenvalue weighted by atomic mass is 32.2. The Morgan fingerprint density at radius 2 is 2.00 bits per heavy atom. The summed E-state index contributed by atoms with van der Waals surface area (Å²) in [5.74, 6) is 4.23. The minimum atomic E-state index is 0.00793. The molecule has 1 nitrogen and oxygen atoms in total. The Bertz CT molecular complexity index is 301. The lowest BCUT2D eigenvalue weighted by Crippen LogP contribution is -2.16. The fourth-order valence-corrected chi connectivity index (χ4v) is 3.20. The Morgan fingerprint density at radius 1 is 1.21 bits per heavy atom. The third-order valence-corrected chi connectivity index (χ3v) is 4.39. The van der Waals surface area contributed by atoms with Gasteiger partial charge in [0.2, 0.25) is 0 Å². The van der Waals surface area contributed by atoms with Gasteiger partial charge in [-0.1, -0.05) is 24.1 Å². The minimum Gasteiger partial charge on any atom is -0.368 e. The molecule has 0 amide bonds. The molecule has 0 spiro atoms. The summed E-state index contributed by atoms with van der Waals surface area (Å²) >= 11 is 0. The molecule has 0 aliphatic carbocycles. The summed E-state index contributed by atoms with van der Waals surface area (Å²) in [5, 5.41) is 0. The second kappa shape index (κ2) is 4.76. The zero-order valence-corrected chi connectivity index (χ0v) is 9.13. The maximum absolute atomic E-state index is 5.74. The van der Waals surface area contributed by atoms with E-state index in [1.165, 1.54) is 24.2 Å². The van der Waals surface area contributed by atoms with Crippen molar-refractivity contribution in [2.24, 2.45) is 0 Å². The number of hydrogen-bond donors (Lipinski definition) is 0. The summed E-state index contributed by atoms with van der Waals surface area (Å²) in [4.78, 5) is 1.32. The zero-order valence-electron chi connectivity index (χ0n) is 8.32. The first-order valence-electron chi connectivity index (χ1n) is 5.07. The largest absolute Gasteiger partial charge is 0.368 e. The van der Waals surface area contributed by atoms with Crippen LogP contribution in [0.25, 0.3) is 0 Å². The van der Waals surface area contributed by atoms with E-state index in [1.807, 2.05) is 6.07 Å². The molecule has 2 heteroatoms. The van der Waals surface area contributed by atoms with Crippen molar-refractivity contribution in [3.8, 4) is 0 Å². The summed E-state index contributed by atoms with van der Waals surface area (Å²) in [6.07, 6.45) is 3.67. The molecule has 1 aliphatic heterocycles.